The number of ether oxygens (including phenoxy) is 2. The van der Waals surface area contributed by atoms with Gasteiger partial charge in [0.2, 0.25) is 0 Å². The molecule has 1 unspecified atom stereocenters. The first kappa shape index (κ1) is 13.2. The Kier molecular flexibility index (Phi) is 4.71. The van der Waals surface area contributed by atoms with Gasteiger partial charge in [0.25, 0.3) is 5.69 Å². The highest BCUT2D eigenvalue weighted by Gasteiger charge is 2.12. The highest BCUT2D eigenvalue weighted by Crippen LogP contribution is 2.26. The van der Waals surface area contributed by atoms with Gasteiger partial charge in [-0.15, -0.1) is 0 Å². The van der Waals surface area contributed by atoms with E-state index in [0.717, 1.165) is 0 Å². The number of hydrogen-bond acceptors (Lipinski definition) is 5. The Labute approximate surface area is 99.7 Å². The fourth-order valence-corrected chi connectivity index (χ4v) is 1.40. The zero-order valence-electron chi connectivity index (χ0n) is 10.1. The van der Waals surface area contributed by atoms with Gasteiger partial charge in [0.1, 0.15) is 11.9 Å². The van der Waals surface area contributed by atoms with E-state index in [0.29, 0.717) is 18.0 Å². The first-order chi connectivity index (χ1) is 8.06. The third-order valence-electron chi connectivity index (χ3n) is 2.13. The molecule has 0 radical (unpaired) electrons. The Morgan fingerprint density at radius 1 is 1.47 bits per heavy atom. The molecule has 0 aromatic heterocycles. The molecule has 6 heteroatoms. The third kappa shape index (κ3) is 3.92. The zero-order valence-corrected chi connectivity index (χ0v) is 10.1. The number of nitrogens with one attached hydrogen (secondary N) is 1. The fourth-order valence-electron chi connectivity index (χ4n) is 1.40. The first-order valence-electron chi connectivity index (χ1n) is 5.19. The molecule has 1 aromatic carbocycles. The Hall–Kier alpha value is -1.82. The van der Waals surface area contributed by atoms with Crippen LogP contribution in [0.25, 0.3) is 0 Å². The Morgan fingerprint density at radius 2 is 2.18 bits per heavy atom. The van der Waals surface area contributed by atoms with Gasteiger partial charge in [0.05, 0.1) is 17.6 Å². The number of rotatable bonds is 6. The molecule has 1 N–H and O–H groups in total. The summed E-state index contributed by atoms with van der Waals surface area (Å²) in [6.07, 6.45) is -0.160. The molecule has 94 valence electrons. The number of nitro benzene ring substituents is 1. The summed E-state index contributed by atoms with van der Waals surface area (Å²) in [7, 11) is 3.27. The van der Waals surface area contributed by atoms with Crippen LogP contribution in [0.15, 0.2) is 18.2 Å². The molecule has 0 saturated carbocycles. The molecular formula is C11H16N2O4. The molecule has 0 amide bonds. The summed E-state index contributed by atoms with van der Waals surface area (Å²) in [5.74, 6) is 0.452. The van der Waals surface area contributed by atoms with Crippen LogP contribution in [0.2, 0.25) is 0 Å². The van der Waals surface area contributed by atoms with E-state index in [4.69, 9.17) is 9.47 Å². The van der Waals surface area contributed by atoms with Crippen molar-refractivity contribution in [3.8, 4) is 5.75 Å². The minimum Gasteiger partial charge on any atom is -0.488 e. The summed E-state index contributed by atoms with van der Waals surface area (Å²) in [4.78, 5) is 10.3. The second-order valence-electron chi connectivity index (χ2n) is 3.61. The molecule has 0 bridgehead atoms. The van der Waals surface area contributed by atoms with Crippen molar-refractivity contribution < 1.29 is 14.4 Å². The summed E-state index contributed by atoms with van der Waals surface area (Å²) < 4.78 is 10.5. The lowest BCUT2D eigenvalue weighted by molar-refractivity contribution is -0.384. The molecule has 1 atom stereocenters. The number of benzene rings is 1. The summed E-state index contributed by atoms with van der Waals surface area (Å²) in [5.41, 5.74) is 0.635. The number of nitro groups is 1. The topological polar surface area (TPSA) is 73.6 Å². The van der Waals surface area contributed by atoms with Gasteiger partial charge < -0.3 is 14.8 Å². The minimum atomic E-state index is -0.450. The molecule has 0 fully saturated rings. The summed E-state index contributed by atoms with van der Waals surface area (Å²) in [6.45, 7) is 2.26. The van der Waals surface area contributed by atoms with E-state index in [1.807, 2.05) is 6.92 Å². The second-order valence-corrected chi connectivity index (χ2v) is 3.61. The average Bonchev–Trinajstić information content (AvgIpc) is 2.28. The van der Waals surface area contributed by atoms with E-state index in [1.54, 1.807) is 20.2 Å². The Morgan fingerprint density at radius 3 is 2.71 bits per heavy atom. The fraction of sp³-hybridized carbons (Fsp3) is 0.455. The van der Waals surface area contributed by atoms with Crippen molar-refractivity contribution in [1.29, 1.82) is 0 Å². The van der Waals surface area contributed by atoms with Crippen LogP contribution in [0, 0.1) is 10.1 Å². The maximum absolute atomic E-state index is 10.7. The van der Waals surface area contributed by atoms with Crippen LogP contribution in [0.1, 0.15) is 6.92 Å². The van der Waals surface area contributed by atoms with Crippen molar-refractivity contribution in [2.24, 2.45) is 0 Å². The molecule has 1 rings (SSSR count). The molecule has 0 heterocycles. The van der Waals surface area contributed by atoms with E-state index in [9.17, 15) is 10.1 Å². The Balaban J connectivity index is 2.90. The van der Waals surface area contributed by atoms with Gasteiger partial charge in [0, 0.05) is 32.0 Å². The van der Waals surface area contributed by atoms with Gasteiger partial charge in [-0.2, -0.15) is 0 Å². The molecule has 0 saturated heterocycles. The van der Waals surface area contributed by atoms with Crippen molar-refractivity contribution in [2.75, 3.05) is 26.1 Å². The van der Waals surface area contributed by atoms with E-state index in [2.05, 4.69) is 5.32 Å². The van der Waals surface area contributed by atoms with Crippen LogP contribution >= 0.6 is 0 Å². The molecule has 1 aromatic rings. The predicted octanol–water partition coefficient (Wildman–Crippen LogP) is 2.05. The van der Waals surface area contributed by atoms with Crippen LogP contribution in [0.5, 0.6) is 5.75 Å². The molecule has 17 heavy (non-hydrogen) atoms. The lowest BCUT2D eigenvalue weighted by Crippen LogP contribution is -2.18. The molecule has 0 aliphatic rings. The van der Waals surface area contributed by atoms with Gasteiger partial charge >= 0.3 is 0 Å². The maximum atomic E-state index is 10.7. The highest BCUT2D eigenvalue weighted by atomic mass is 16.6. The van der Waals surface area contributed by atoms with Crippen LogP contribution in [0.3, 0.4) is 0 Å². The highest BCUT2D eigenvalue weighted by molar-refractivity contribution is 5.56. The lowest BCUT2D eigenvalue weighted by atomic mass is 10.2. The lowest BCUT2D eigenvalue weighted by Gasteiger charge is -2.14. The number of anilines is 1. The minimum absolute atomic E-state index is 0.00327. The van der Waals surface area contributed by atoms with Gasteiger partial charge in [-0.3, -0.25) is 10.1 Å². The van der Waals surface area contributed by atoms with E-state index in [1.165, 1.54) is 12.1 Å². The molecule has 0 spiro atoms. The first-order valence-corrected chi connectivity index (χ1v) is 5.19. The molecule has 0 aliphatic heterocycles. The van der Waals surface area contributed by atoms with Gasteiger partial charge in [-0.25, -0.2) is 0 Å². The molecular weight excluding hydrogens is 224 g/mol. The normalized spacial score (nSPS) is 11.9. The van der Waals surface area contributed by atoms with Crippen LogP contribution in [0.4, 0.5) is 11.4 Å². The molecule has 0 aliphatic carbocycles. The number of methoxy groups -OCH3 is 1. The van der Waals surface area contributed by atoms with Crippen LogP contribution in [-0.4, -0.2) is 31.8 Å². The smallest absolute Gasteiger partial charge is 0.275 e. The number of nitrogens with zero attached hydrogens (tertiary/aromatic N) is 1. The summed E-state index contributed by atoms with van der Waals surface area (Å²) in [6, 6.07) is 4.56. The van der Waals surface area contributed by atoms with Crippen molar-refractivity contribution in [3.63, 3.8) is 0 Å². The van der Waals surface area contributed by atoms with Gasteiger partial charge in [-0.1, -0.05) is 0 Å². The number of hydrogen-bond donors (Lipinski definition) is 1. The van der Waals surface area contributed by atoms with Crippen LogP contribution < -0.4 is 10.1 Å². The average molecular weight is 240 g/mol. The molecule has 6 nitrogen and oxygen atoms in total. The third-order valence-corrected chi connectivity index (χ3v) is 2.13. The van der Waals surface area contributed by atoms with Crippen molar-refractivity contribution >= 4 is 11.4 Å². The SMILES string of the molecule is CNc1cc(OC(C)COC)cc([N+](=O)[O-])c1. The number of non-ortho nitro benzene ring substituents is 1. The van der Waals surface area contributed by atoms with E-state index in [-0.39, 0.29) is 11.8 Å². The maximum Gasteiger partial charge on any atom is 0.275 e. The van der Waals surface area contributed by atoms with Gasteiger partial charge in [0.15, 0.2) is 0 Å². The summed E-state index contributed by atoms with van der Waals surface area (Å²) >= 11 is 0. The Bertz CT molecular complexity index is 395. The monoisotopic (exact) mass is 240 g/mol. The summed E-state index contributed by atoms with van der Waals surface area (Å²) in [5, 5.41) is 13.6. The quantitative estimate of drug-likeness (QED) is 0.608. The van der Waals surface area contributed by atoms with E-state index < -0.39 is 4.92 Å². The van der Waals surface area contributed by atoms with Crippen molar-refractivity contribution in [2.45, 2.75) is 13.0 Å². The van der Waals surface area contributed by atoms with Crippen molar-refractivity contribution in [3.05, 3.63) is 28.3 Å². The van der Waals surface area contributed by atoms with Crippen LogP contribution in [-0.2, 0) is 4.74 Å². The largest absolute Gasteiger partial charge is 0.488 e. The van der Waals surface area contributed by atoms with E-state index >= 15 is 0 Å². The second kappa shape index (κ2) is 6.05. The van der Waals surface area contributed by atoms with Crippen molar-refractivity contribution in [1.82, 2.24) is 0 Å². The zero-order chi connectivity index (χ0) is 12.8. The van der Waals surface area contributed by atoms with Gasteiger partial charge in [-0.05, 0) is 6.92 Å². The predicted molar refractivity (Wildman–Crippen MR) is 64.6 cm³/mol. The standard InChI is InChI=1S/C11H16N2O4/c1-8(7-16-3)17-11-5-9(12-2)4-10(6-11)13(14)15/h4-6,8,12H,7H2,1-3H3.